The Kier molecular flexibility index (Phi) is 6.82. The molecule has 4 amide bonds. The molecule has 1 aromatic carbocycles. The molecule has 142 valence electrons. The number of rotatable bonds is 9. The van der Waals surface area contributed by atoms with Gasteiger partial charge < -0.3 is 20.1 Å². The van der Waals surface area contributed by atoms with Crippen LogP contribution in [0.1, 0.15) is 25.3 Å². The van der Waals surface area contributed by atoms with E-state index >= 15 is 0 Å². The van der Waals surface area contributed by atoms with Crippen molar-refractivity contribution >= 4 is 17.8 Å². The molecule has 1 fully saturated rings. The van der Waals surface area contributed by atoms with Gasteiger partial charge in [0.25, 0.3) is 5.91 Å². The Morgan fingerprint density at radius 1 is 1.23 bits per heavy atom. The third-order valence-electron chi connectivity index (χ3n) is 4.17. The Morgan fingerprint density at radius 3 is 2.62 bits per heavy atom. The van der Waals surface area contributed by atoms with Crippen molar-refractivity contribution < 1.29 is 23.9 Å². The summed E-state index contributed by atoms with van der Waals surface area (Å²) in [6, 6.07) is 4.50. The second-order valence-electron chi connectivity index (χ2n) is 6.00. The third kappa shape index (κ3) is 4.65. The fourth-order valence-electron chi connectivity index (χ4n) is 2.79. The van der Waals surface area contributed by atoms with Crippen molar-refractivity contribution in [1.29, 1.82) is 0 Å². The molecule has 0 bridgehead atoms. The molecule has 0 aliphatic carbocycles. The van der Waals surface area contributed by atoms with E-state index in [1.54, 1.807) is 20.3 Å². The number of benzene rings is 1. The number of carbonyl (C=O) groups excluding carboxylic acids is 3. The second kappa shape index (κ2) is 9.07. The zero-order valence-corrected chi connectivity index (χ0v) is 15.3. The van der Waals surface area contributed by atoms with Gasteiger partial charge in [-0.1, -0.05) is 19.4 Å². The van der Waals surface area contributed by atoms with E-state index in [1.807, 2.05) is 19.1 Å². The summed E-state index contributed by atoms with van der Waals surface area (Å²) in [5.74, 6) is 0.552. The minimum absolute atomic E-state index is 0.267. The van der Waals surface area contributed by atoms with Crippen LogP contribution >= 0.6 is 0 Å². The maximum absolute atomic E-state index is 12.1. The lowest BCUT2D eigenvalue weighted by Crippen LogP contribution is -2.41. The average Bonchev–Trinajstić information content (AvgIpc) is 2.89. The number of hydrogen-bond donors (Lipinski definition) is 2. The summed E-state index contributed by atoms with van der Waals surface area (Å²) in [7, 11) is 3.13. The SMILES string of the molecule is CCC[C@@H]1NC(=O)N(CC(=O)NCCc2ccc(OC)c(OC)c2)C1=O. The van der Waals surface area contributed by atoms with Crippen LogP contribution in [0.15, 0.2) is 18.2 Å². The molecule has 0 saturated carbocycles. The summed E-state index contributed by atoms with van der Waals surface area (Å²) in [5.41, 5.74) is 0.973. The quantitative estimate of drug-likeness (QED) is 0.640. The van der Waals surface area contributed by atoms with Crippen LogP contribution in [0.5, 0.6) is 11.5 Å². The lowest BCUT2D eigenvalue weighted by molar-refractivity contribution is -0.132. The first kappa shape index (κ1) is 19.6. The summed E-state index contributed by atoms with van der Waals surface area (Å²) in [6.07, 6.45) is 1.94. The molecule has 0 unspecified atom stereocenters. The van der Waals surface area contributed by atoms with E-state index in [2.05, 4.69) is 10.6 Å². The summed E-state index contributed by atoms with van der Waals surface area (Å²) in [4.78, 5) is 36.9. The van der Waals surface area contributed by atoms with Crippen LogP contribution in [-0.4, -0.2) is 56.1 Å². The number of urea groups is 1. The van der Waals surface area contributed by atoms with Gasteiger partial charge in [-0.05, 0) is 30.5 Å². The molecule has 2 N–H and O–H groups in total. The maximum atomic E-state index is 12.1. The number of amides is 4. The molecule has 1 atom stereocenters. The van der Waals surface area contributed by atoms with Crippen LogP contribution in [0.4, 0.5) is 4.79 Å². The van der Waals surface area contributed by atoms with Gasteiger partial charge in [-0.3, -0.25) is 14.5 Å². The highest BCUT2D eigenvalue weighted by Crippen LogP contribution is 2.27. The third-order valence-corrected chi connectivity index (χ3v) is 4.17. The molecule has 1 saturated heterocycles. The van der Waals surface area contributed by atoms with Gasteiger partial charge in [0.15, 0.2) is 11.5 Å². The van der Waals surface area contributed by atoms with Crippen molar-refractivity contribution in [2.75, 3.05) is 27.3 Å². The highest BCUT2D eigenvalue weighted by molar-refractivity contribution is 6.06. The standard InChI is InChI=1S/C18H25N3O5/c1-4-5-13-17(23)21(18(24)20-13)11-16(22)19-9-8-12-6-7-14(25-2)15(10-12)26-3/h6-7,10,13H,4-5,8-9,11H2,1-3H3,(H,19,22)(H,20,24)/t13-/m0/s1. The number of nitrogens with zero attached hydrogens (tertiary/aromatic N) is 1. The van der Waals surface area contributed by atoms with E-state index in [0.29, 0.717) is 30.9 Å². The van der Waals surface area contributed by atoms with E-state index in [0.717, 1.165) is 16.9 Å². The van der Waals surface area contributed by atoms with Gasteiger partial charge >= 0.3 is 6.03 Å². The molecule has 1 heterocycles. The van der Waals surface area contributed by atoms with Gasteiger partial charge in [0, 0.05) is 6.54 Å². The highest BCUT2D eigenvalue weighted by Gasteiger charge is 2.38. The Balaban J connectivity index is 1.82. The summed E-state index contributed by atoms with van der Waals surface area (Å²) < 4.78 is 10.4. The summed E-state index contributed by atoms with van der Waals surface area (Å²) in [5, 5.41) is 5.32. The van der Waals surface area contributed by atoms with Crippen molar-refractivity contribution in [1.82, 2.24) is 15.5 Å². The number of nitrogens with one attached hydrogen (secondary N) is 2. The number of carbonyl (C=O) groups is 3. The van der Waals surface area contributed by atoms with E-state index in [-0.39, 0.29) is 18.4 Å². The smallest absolute Gasteiger partial charge is 0.325 e. The van der Waals surface area contributed by atoms with E-state index in [9.17, 15) is 14.4 Å². The topological polar surface area (TPSA) is 97.0 Å². The van der Waals surface area contributed by atoms with Gasteiger partial charge in [-0.2, -0.15) is 0 Å². The molecule has 1 aromatic rings. The van der Waals surface area contributed by atoms with E-state index in [4.69, 9.17) is 9.47 Å². The normalized spacial score (nSPS) is 16.4. The highest BCUT2D eigenvalue weighted by atomic mass is 16.5. The number of methoxy groups -OCH3 is 2. The molecule has 0 aromatic heterocycles. The van der Waals surface area contributed by atoms with Gasteiger partial charge in [0.1, 0.15) is 12.6 Å². The molecule has 8 nitrogen and oxygen atoms in total. The molecular weight excluding hydrogens is 338 g/mol. The molecule has 1 aliphatic rings. The number of ether oxygens (including phenoxy) is 2. The fraction of sp³-hybridized carbons (Fsp3) is 0.500. The Labute approximate surface area is 152 Å². The summed E-state index contributed by atoms with van der Waals surface area (Å²) >= 11 is 0. The maximum Gasteiger partial charge on any atom is 0.325 e. The predicted molar refractivity (Wildman–Crippen MR) is 95.2 cm³/mol. The second-order valence-corrected chi connectivity index (χ2v) is 6.00. The Morgan fingerprint density at radius 2 is 1.96 bits per heavy atom. The van der Waals surface area contributed by atoms with Gasteiger partial charge in [-0.25, -0.2) is 4.79 Å². The predicted octanol–water partition coefficient (Wildman–Crippen LogP) is 1.08. The Hall–Kier alpha value is -2.77. The zero-order chi connectivity index (χ0) is 19.1. The van der Waals surface area contributed by atoms with Crippen LogP contribution in [0.25, 0.3) is 0 Å². The van der Waals surface area contributed by atoms with Crippen molar-refractivity contribution in [3.8, 4) is 11.5 Å². The van der Waals surface area contributed by atoms with Crippen molar-refractivity contribution in [3.05, 3.63) is 23.8 Å². The Bertz CT molecular complexity index is 677. The van der Waals surface area contributed by atoms with E-state index in [1.165, 1.54) is 0 Å². The largest absolute Gasteiger partial charge is 0.493 e. The molecule has 1 aliphatic heterocycles. The molecule has 0 spiro atoms. The van der Waals surface area contributed by atoms with Crippen LogP contribution in [0, 0.1) is 0 Å². The first-order valence-corrected chi connectivity index (χ1v) is 8.59. The minimum Gasteiger partial charge on any atom is -0.493 e. The lowest BCUT2D eigenvalue weighted by atomic mass is 10.1. The van der Waals surface area contributed by atoms with Crippen LogP contribution in [0.3, 0.4) is 0 Å². The van der Waals surface area contributed by atoms with Crippen molar-refractivity contribution in [3.63, 3.8) is 0 Å². The van der Waals surface area contributed by atoms with Gasteiger partial charge in [0.2, 0.25) is 5.91 Å². The molecule has 0 radical (unpaired) electrons. The number of imide groups is 1. The monoisotopic (exact) mass is 363 g/mol. The average molecular weight is 363 g/mol. The fourth-order valence-corrected chi connectivity index (χ4v) is 2.79. The van der Waals surface area contributed by atoms with Gasteiger partial charge in [0.05, 0.1) is 14.2 Å². The van der Waals surface area contributed by atoms with Crippen LogP contribution < -0.4 is 20.1 Å². The molecule has 8 heteroatoms. The molecular formula is C18H25N3O5. The lowest BCUT2D eigenvalue weighted by Gasteiger charge is -2.13. The first-order valence-electron chi connectivity index (χ1n) is 8.59. The van der Waals surface area contributed by atoms with Gasteiger partial charge in [-0.15, -0.1) is 0 Å². The zero-order valence-electron chi connectivity index (χ0n) is 15.3. The van der Waals surface area contributed by atoms with Crippen LogP contribution in [-0.2, 0) is 16.0 Å². The van der Waals surface area contributed by atoms with Crippen molar-refractivity contribution in [2.45, 2.75) is 32.2 Å². The minimum atomic E-state index is -0.521. The van der Waals surface area contributed by atoms with Crippen LogP contribution in [0.2, 0.25) is 0 Å². The van der Waals surface area contributed by atoms with E-state index < -0.39 is 12.1 Å². The van der Waals surface area contributed by atoms with Crippen molar-refractivity contribution in [2.24, 2.45) is 0 Å². The molecule has 26 heavy (non-hydrogen) atoms. The first-order chi connectivity index (χ1) is 12.5. The number of hydrogen-bond acceptors (Lipinski definition) is 5. The summed E-state index contributed by atoms with van der Waals surface area (Å²) in [6.45, 7) is 2.05. The molecule has 2 rings (SSSR count).